The molecule has 0 heterocycles. The Morgan fingerprint density at radius 3 is 0.621 bits per heavy atom. The van der Waals surface area contributed by atoms with Crippen LogP contribution in [0.25, 0.3) is 0 Å². The molecular weight excluding hydrogens is 610 g/mol. The van der Waals surface area contributed by atoms with Gasteiger partial charge in [0.15, 0.2) is 0 Å². The van der Waals surface area contributed by atoms with Crippen molar-refractivity contribution in [1.29, 1.82) is 0 Å². The molecule has 0 unspecified atom stereocenters. The van der Waals surface area contributed by atoms with Crippen LogP contribution in [-0.2, 0) is 0 Å². The average molecular weight is 671 g/mol. The van der Waals surface area contributed by atoms with E-state index < -0.39 is 78.0 Å². The molecule has 0 N–H and O–H groups in total. The van der Waals surface area contributed by atoms with Gasteiger partial charge in [0.2, 0.25) is 0 Å². The number of hydrogen-bond acceptors (Lipinski definition) is 0. The van der Waals surface area contributed by atoms with E-state index in [1.807, 2.05) is 0 Å². The Hall–Kier alpha value is 2.73. The third kappa shape index (κ3) is 19.9. The summed E-state index contributed by atoms with van der Waals surface area (Å²) in [5, 5.41) is 0. The van der Waals surface area contributed by atoms with Gasteiger partial charge in [0.05, 0.1) is 0 Å². The van der Waals surface area contributed by atoms with E-state index in [4.69, 9.17) is 0 Å². The Balaban J connectivity index is 0. The topological polar surface area (TPSA) is 0 Å². The first-order valence-electron chi connectivity index (χ1n) is 12.0. The predicted molar refractivity (Wildman–Crippen MR) is 166 cm³/mol. The molecule has 0 atom stereocenters. The Morgan fingerprint density at radius 1 is 0.379 bits per heavy atom. The zero-order chi connectivity index (χ0) is 24.3. The summed E-state index contributed by atoms with van der Waals surface area (Å²) in [6.07, 6.45) is 0. The molecule has 29 heavy (non-hydrogen) atoms. The van der Waals surface area contributed by atoms with Crippen LogP contribution in [0.5, 0.6) is 0 Å². The normalized spacial score (nSPS) is 14.6. The van der Waals surface area contributed by atoms with Gasteiger partial charge >= 0.3 is 207 Å². The van der Waals surface area contributed by atoms with Crippen LogP contribution in [0.2, 0.25) is 129 Å². The van der Waals surface area contributed by atoms with Crippen LogP contribution in [0, 0.1) is 0 Å². The van der Waals surface area contributed by atoms with Crippen LogP contribution in [0.1, 0.15) is 0 Å². The summed E-state index contributed by atoms with van der Waals surface area (Å²) in [7, 11) is -2.35. The van der Waals surface area contributed by atoms with Gasteiger partial charge in [-0.2, -0.15) is 0 Å². The van der Waals surface area contributed by atoms with Crippen molar-refractivity contribution in [3.05, 3.63) is 0 Å². The Morgan fingerprint density at radius 2 is 0.552 bits per heavy atom. The molecule has 0 saturated carbocycles. The van der Waals surface area contributed by atoms with E-state index in [1.165, 1.54) is 0 Å². The zero-order valence-corrected chi connectivity index (χ0v) is 35.3. The van der Waals surface area contributed by atoms with Gasteiger partial charge in [0.1, 0.15) is 0 Å². The van der Waals surface area contributed by atoms with Crippen molar-refractivity contribution in [1.82, 2.24) is 0 Å². The van der Waals surface area contributed by atoms with Crippen LogP contribution in [-0.4, -0.2) is 78.0 Å². The Bertz CT molecular complexity index is 399. The van der Waals surface area contributed by atoms with E-state index in [0.717, 1.165) is 0 Å². The second-order valence-electron chi connectivity index (χ2n) is 16.0. The third-order valence-electron chi connectivity index (χ3n) is 4.72. The molecule has 0 saturated heterocycles. The van der Waals surface area contributed by atoms with Gasteiger partial charge in [0, 0.05) is 0 Å². The molecule has 0 aromatic carbocycles. The van der Waals surface area contributed by atoms with E-state index >= 15 is 0 Å². The monoisotopic (exact) mass is 670 g/mol. The van der Waals surface area contributed by atoms with Crippen molar-refractivity contribution in [2.45, 2.75) is 129 Å². The van der Waals surface area contributed by atoms with Gasteiger partial charge in [0.25, 0.3) is 0 Å². The molecule has 0 bridgehead atoms. The van der Waals surface area contributed by atoms with E-state index in [2.05, 4.69) is 118 Å². The summed E-state index contributed by atoms with van der Waals surface area (Å²) < 4.78 is 5.30. The van der Waals surface area contributed by atoms with Gasteiger partial charge in [-0.3, -0.25) is 0 Å². The molecule has 0 fully saturated rings. The zero-order valence-electron chi connectivity index (χ0n) is 24.1. The van der Waals surface area contributed by atoms with E-state index in [9.17, 15) is 0 Å². The maximum absolute atomic E-state index is 2.63. The maximum atomic E-state index is 2.63. The quantitative estimate of drug-likeness (QED) is 0.215. The average Bonchev–Trinajstić information content (AvgIpc) is 2.12. The van der Waals surface area contributed by atoms with Gasteiger partial charge < -0.3 is 0 Å². The van der Waals surface area contributed by atoms with Crippen LogP contribution >= 0.6 is 0 Å². The predicted octanol–water partition coefficient (Wildman–Crippen LogP) is 8.84. The van der Waals surface area contributed by atoms with Crippen LogP contribution < -0.4 is 0 Å². The van der Waals surface area contributed by atoms with Crippen molar-refractivity contribution in [3.8, 4) is 0 Å². The molecule has 0 radical (unpaired) electrons. The molecule has 0 aliphatic heterocycles. The van der Waals surface area contributed by atoms with E-state index in [-0.39, 0.29) is 0 Å². The fraction of sp³-hybridized carbons (Fsp3) is 1.00. The molecule has 0 spiro atoms. The van der Waals surface area contributed by atoms with Crippen LogP contribution in [0.4, 0.5) is 0 Å². The molecule has 0 aliphatic rings. The van der Waals surface area contributed by atoms with Crippen molar-refractivity contribution in [2.75, 3.05) is 0 Å². The van der Waals surface area contributed by atoms with Gasteiger partial charge in [-0.05, 0) is 0 Å². The summed E-state index contributed by atoms with van der Waals surface area (Å²) in [5.74, 6) is 0. The first kappa shape index (κ1) is 33.9. The van der Waals surface area contributed by atoms with Crippen LogP contribution in [0.15, 0.2) is 0 Å². The first-order chi connectivity index (χ1) is 12.2. The first-order valence-corrected chi connectivity index (χ1v) is 48.9. The molecule has 176 valence electrons. The fourth-order valence-electron chi connectivity index (χ4n) is 5.83. The summed E-state index contributed by atoms with van der Waals surface area (Å²) >= 11 is -1.63. The molecule has 0 aromatic rings. The molecular formula is C21H60AsInSi6. The third-order valence-corrected chi connectivity index (χ3v) is 149. The van der Waals surface area contributed by atoms with E-state index in [1.54, 1.807) is 11.4 Å². The molecule has 0 rings (SSSR count). The minimum absolute atomic E-state index is 0.458. The van der Waals surface area contributed by atoms with Crippen molar-refractivity contribution in [2.24, 2.45) is 0 Å². The Labute approximate surface area is 205 Å². The minimum atomic E-state index is -1.18. The fourth-order valence-corrected chi connectivity index (χ4v) is 207. The van der Waals surface area contributed by atoms with Crippen molar-refractivity contribution in [3.63, 3.8) is 0 Å². The van der Waals surface area contributed by atoms with Gasteiger partial charge in [-0.1, -0.05) is 0 Å². The SMILES string of the molecule is C[Si](C)(C)[As]([Si](C)(C)C)[Si](C)(C)C.C[Si](C)(C)[CH2][In]([CH2][Si](C)(C)C)[CH2][Si](C)(C)C. The van der Waals surface area contributed by atoms with E-state index in [0.29, 0.717) is 0 Å². The molecule has 8 heteroatoms. The second-order valence-corrected chi connectivity index (χ2v) is 102. The summed E-state index contributed by atoms with van der Waals surface area (Å²) in [5.41, 5.74) is 0. The van der Waals surface area contributed by atoms with Gasteiger partial charge in [-0.15, -0.1) is 0 Å². The summed E-state index contributed by atoms with van der Waals surface area (Å²) in [6.45, 7) is 44.6. The molecule has 0 nitrogen and oxygen atoms in total. The van der Waals surface area contributed by atoms with Crippen LogP contribution in [0.3, 0.4) is 0 Å². The number of rotatable bonds is 9. The summed E-state index contributed by atoms with van der Waals surface area (Å²) in [4.78, 5) is 0. The summed E-state index contributed by atoms with van der Waals surface area (Å²) in [6, 6.07) is 0. The standard InChI is InChI=1S/C9H27AsSi3.3C4H11Si.In/c1-11(2,3)10(12(4,5)6)13(7,8)9;3*1-5(2,3)4;/h1-9H3;3*1H2,2-4H3;. The number of hydrogen-bond donors (Lipinski definition) is 0. The van der Waals surface area contributed by atoms with Crippen molar-refractivity contribution < 1.29 is 0 Å². The second kappa shape index (κ2) is 11.9. The van der Waals surface area contributed by atoms with Gasteiger partial charge in [-0.25, -0.2) is 0 Å². The van der Waals surface area contributed by atoms with Crippen molar-refractivity contribution >= 4 is 78.0 Å². The molecule has 0 aromatic heterocycles. The Kier molecular flexibility index (Phi) is 13.9. The molecule has 0 amide bonds. The molecule has 0 aliphatic carbocycles.